The lowest BCUT2D eigenvalue weighted by molar-refractivity contribution is -0.136. The highest BCUT2D eigenvalue weighted by Crippen LogP contribution is 2.34. The minimum absolute atomic E-state index is 0.317. The van der Waals surface area contributed by atoms with E-state index >= 15 is 0 Å². The van der Waals surface area contributed by atoms with E-state index in [0.717, 1.165) is 28.9 Å². The zero-order chi connectivity index (χ0) is 25.4. The van der Waals surface area contributed by atoms with Crippen molar-refractivity contribution in [2.75, 3.05) is 38.4 Å². The van der Waals surface area contributed by atoms with Crippen LogP contribution in [-0.2, 0) is 19.0 Å². The number of carbonyl (C=O) groups is 2. The first kappa shape index (κ1) is 26.3. The van der Waals surface area contributed by atoms with Gasteiger partial charge in [-0.2, -0.15) is 0 Å². The molecule has 35 heavy (non-hydrogen) atoms. The van der Waals surface area contributed by atoms with Crippen LogP contribution in [0.25, 0.3) is 17.2 Å². The van der Waals surface area contributed by atoms with Gasteiger partial charge in [0, 0.05) is 31.8 Å². The van der Waals surface area contributed by atoms with Gasteiger partial charge in [-0.25, -0.2) is 9.59 Å². The fraction of sp³-hybridized carbons (Fsp3) is 0.429. The quantitative estimate of drug-likeness (QED) is 0.347. The van der Waals surface area contributed by atoms with E-state index in [1.54, 1.807) is 11.0 Å². The third kappa shape index (κ3) is 7.33. The molecule has 0 saturated heterocycles. The van der Waals surface area contributed by atoms with Crippen LogP contribution >= 0.6 is 0 Å². The van der Waals surface area contributed by atoms with Crippen molar-refractivity contribution < 1.29 is 28.5 Å². The molecule has 7 nitrogen and oxygen atoms in total. The predicted molar refractivity (Wildman–Crippen MR) is 137 cm³/mol. The smallest absolute Gasteiger partial charge is 0.414 e. The molecule has 188 valence electrons. The van der Waals surface area contributed by atoms with Crippen LogP contribution < -0.4 is 9.64 Å². The summed E-state index contributed by atoms with van der Waals surface area (Å²) in [7, 11) is 1.36. The number of hydrogen-bond acceptors (Lipinski definition) is 6. The maximum atomic E-state index is 13.0. The van der Waals surface area contributed by atoms with Gasteiger partial charge in [-0.3, -0.25) is 4.90 Å². The average Bonchev–Trinajstić information content (AvgIpc) is 3.02. The number of carbonyl (C=O) groups excluding carboxylic acids is 2. The summed E-state index contributed by atoms with van der Waals surface area (Å²) in [4.78, 5) is 26.9. The molecule has 0 atom stereocenters. The number of benzene rings is 2. The molecular weight excluding hydrogens is 446 g/mol. The zero-order valence-electron chi connectivity index (χ0n) is 21.3. The topological polar surface area (TPSA) is 74.3 Å². The number of anilines is 1. The fourth-order valence-electron chi connectivity index (χ4n) is 3.75. The van der Waals surface area contributed by atoms with E-state index in [-0.39, 0.29) is 0 Å². The van der Waals surface area contributed by atoms with Crippen molar-refractivity contribution in [2.45, 2.75) is 46.1 Å². The van der Waals surface area contributed by atoms with Crippen molar-refractivity contribution in [3.05, 3.63) is 53.6 Å². The Morgan fingerprint density at radius 3 is 2.37 bits per heavy atom. The van der Waals surface area contributed by atoms with E-state index in [1.807, 2.05) is 70.2 Å². The molecule has 0 unspecified atom stereocenters. The molecule has 0 radical (unpaired) electrons. The summed E-state index contributed by atoms with van der Waals surface area (Å²) >= 11 is 0. The summed E-state index contributed by atoms with van der Waals surface area (Å²) in [5.74, 6) is 0.391. The molecule has 2 aromatic carbocycles. The van der Waals surface area contributed by atoms with Crippen LogP contribution in [0, 0.1) is 0 Å². The van der Waals surface area contributed by atoms with Gasteiger partial charge < -0.3 is 18.9 Å². The van der Waals surface area contributed by atoms with Gasteiger partial charge in [0.05, 0.1) is 19.4 Å². The first-order valence-corrected chi connectivity index (χ1v) is 12.0. The molecular formula is C28H35NO6. The van der Waals surface area contributed by atoms with E-state index in [0.29, 0.717) is 44.0 Å². The van der Waals surface area contributed by atoms with E-state index in [2.05, 4.69) is 0 Å². The summed E-state index contributed by atoms with van der Waals surface area (Å²) in [6, 6.07) is 13.7. The molecule has 1 heterocycles. The van der Waals surface area contributed by atoms with Crippen molar-refractivity contribution >= 4 is 23.8 Å². The van der Waals surface area contributed by atoms with Crippen LogP contribution in [0.1, 0.15) is 46.1 Å². The summed E-state index contributed by atoms with van der Waals surface area (Å²) in [6.45, 7) is 9.78. The first-order chi connectivity index (χ1) is 16.7. The Morgan fingerprint density at radius 1 is 1.00 bits per heavy atom. The van der Waals surface area contributed by atoms with E-state index in [9.17, 15) is 9.59 Å². The Bertz CT molecular complexity index is 1050. The first-order valence-electron chi connectivity index (χ1n) is 12.0. The van der Waals surface area contributed by atoms with Crippen LogP contribution in [0.4, 0.5) is 10.5 Å². The molecule has 7 heteroatoms. The van der Waals surface area contributed by atoms with Gasteiger partial charge in [0.2, 0.25) is 0 Å². The molecule has 1 aliphatic rings. The Balaban J connectivity index is 1.86. The van der Waals surface area contributed by atoms with E-state index in [4.69, 9.17) is 18.9 Å². The second-order valence-electron chi connectivity index (χ2n) is 9.24. The Hall–Kier alpha value is -3.32. The van der Waals surface area contributed by atoms with Crippen LogP contribution in [0.3, 0.4) is 0 Å². The van der Waals surface area contributed by atoms with Gasteiger partial charge in [-0.15, -0.1) is 0 Å². The van der Waals surface area contributed by atoms with Crippen molar-refractivity contribution in [1.29, 1.82) is 0 Å². The number of hydrogen-bond donors (Lipinski definition) is 0. The highest BCUT2D eigenvalue weighted by Gasteiger charge is 2.28. The third-order valence-corrected chi connectivity index (χ3v) is 5.41. The number of ether oxygens (including phenoxy) is 4. The van der Waals surface area contributed by atoms with Crippen LogP contribution in [0.2, 0.25) is 0 Å². The van der Waals surface area contributed by atoms with Crippen LogP contribution in [-0.4, -0.2) is 51.1 Å². The zero-order valence-corrected chi connectivity index (χ0v) is 21.3. The molecule has 0 saturated carbocycles. The molecule has 2 aromatic rings. The van der Waals surface area contributed by atoms with Gasteiger partial charge >= 0.3 is 12.1 Å². The lowest BCUT2D eigenvalue weighted by atomic mass is 10.0. The Kier molecular flexibility index (Phi) is 8.93. The second-order valence-corrected chi connectivity index (χ2v) is 9.24. The largest absolute Gasteiger partial charge is 0.494 e. The van der Waals surface area contributed by atoms with Gasteiger partial charge in [0.25, 0.3) is 0 Å². The molecule has 1 aliphatic heterocycles. The molecule has 0 N–H and O–H groups in total. The molecule has 0 spiro atoms. The second kappa shape index (κ2) is 11.9. The van der Waals surface area contributed by atoms with Gasteiger partial charge in [-0.1, -0.05) is 18.2 Å². The summed E-state index contributed by atoms with van der Waals surface area (Å²) in [5, 5.41) is 0. The maximum Gasteiger partial charge on any atom is 0.414 e. The third-order valence-electron chi connectivity index (χ3n) is 5.41. The van der Waals surface area contributed by atoms with Crippen LogP contribution in [0.5, 0.6) is 5.75 Å². The molecule has 0 bridgehead atoms. The van der Waals surface area contributed by atoms with Gasteiger partial charge in [-0.05, 0) is 81.1 Å². The van der Waals surface area contributed by atoms with Crippen molar-refractivity contribution in [2.24, 2.45) is 0 Å². The van der Waals surface area contributed by atoms with Gasteiger partial charge in [0.1, 0.15) is 11.4 Å². The van der Waals surface area contributed by atoms with E-state index in [1.165, 1.54) is 7.11 Å². The van der Waals surface area contributed by atoms with Crippen molar-refractivity contribution in [3.8, 4) is 16.9 Å². The van der Waals surface area contributed by atoms with Crippen molar-refractivity contribution in [3.63, 3.8) is 0 Å². The van der Waals surface area contributed by atoms with E-state index < -0.39 is 17.7 Å². The van der Waals surface area contributed by atoms with Gasteiger partial charge in [0.15, 0.2) is 0 Å². The predicted octanol–water partition coefficient (Wildman–Crippen LogP) is 5.86. The highest BCUT2D eigenvalue weighted by molar-refractivity contribution is 5.99. The molecule has 0 fully saturated rings. The SMILES string of the molecule is CCOCCCOc1ccc(-c2ccc3c(c2)C=C(C(=O)OC)CCN3C(=O)OC(C)(C)C)cc1. The molecule has 0 aromatic heterocycles. The number of methoxy groups -OCH3 is 1. The highest BCUT2D eigenvalue weighted by atomic mass is 16.6. The standard InChI is InChI=1S/C28H35NO6/c1-6-33-16-7-17-34-24-11-8-20(9-12-24)21-10-13-25-23(18-21)19-22(26(30)32-5)14-15-29(25)27(31)35-28(2,3)4/h8-13,18-19H,6-7,14-17H2,1-5H3. The normalized spacial score (nSPS) is 13.4. The lowest BCUT2D eigenvalue weighted by Gasteiger charge is -2.27. The van der Waals surface area contributed by atoms with Crippen molar-refractivity contribution in [1.82, 2.24) is 0 Å². The Labute approximate surface area is 207 Å². The molecule has 1 amide bonds. The molecule has 0 aliphatic carbocycles. The number of amides is 1. The molecule has 3 rings (SSSR count). The number of nitrogens with zero attached hydrogens (tertiary/aromatic N) is 1. The summed E-state index contributed by atoms with van der Waals surface area (Å²) < 4.78 is 21.7. The number of esters is 1. The summed E-state index contributed by atoms with van der Waals surface area (Å²) in [5.41, 5.74) is 3.27. The minimum Gasteiger partial charge on any atom is -0.494 e. The average molecular weight is 482 g/mol. The summed E-state index contributed by atoms with van der Waals surface area (Å²) in [6.07, 6.45) is 2.55. The van der Waals surface area contributed by atoms with Crippen LogP contribution in [0.15, 0.2) is 48.0 Å². The number of fused-ring (bicyclic) bond motifs is 1. The fourth-order valence-corrected chi connectivity index (χ4v) is 3.75. The maximum absolute atomic E-state index is 13.0. The monoisotopic (exact) mass is 481 g/mol. The number of rotatable bonds is 8. The Morgan fingerprint density at radius 2 is 1.71 bits per heavy atom. The minimum atomic E-state index is -0.630. The lowest BCUT2D eigenvalue weighted by Crippen LogP contribution is -2.37.